The average Bonchev–Trinajstić information content (AvgIpc) is 3.31. The molecular weight excluding hydrogens is 416 g/mol. The highest BCUT2D eigenvalue weighted by Crippen LogP contribution is 2.27. The third kappa shape index (κ3) is 5.13. The van der Waals surface area contributed by atoms with Crippen LogP contribution in [-0.2, 0) is 17.9 Å². The van der Waals surface area contributed by atoms with Crippen LogP contribution < -0.4 is 10.1 Å². The van der Waals surface area contributed by atoms with Gasteiger partial charge in [0.25, 0.3) is 0 Å². The second-order valence-electron chi connectivity index (χ2n) is 9.42. The van der Waals surface area contributed by atoms with Gasteiger partial charge in [0.05, 0.1) is 11.9 Å². The quantitative estimate of drug-likeness (QED) is 0.743. The van der Waals surface area contributed by atoms with Gasteiger partial charge in [-0.3, -0.25) is 4.79 Å². The minimum atomic E-state index is -0.128. The molecule has 2 aliphatic heterocycles. The van der Waals surface area contributed by atoms with Gasteiger partial charge >= 0.3 is 6.03 Å². The standard InChI is InChI=1S/C26H32N4O3/c31-25(19-6-2-1-3-7-19)29-14-12-23(13-15-29)33-24-11-10-22(16-27-24)28-26(32)30-17-20-8-4-5-9-21(20)18-30/h4-5,8-11,16,19,23H,1-3,6-7,12-15,17-18H2,(H,28,32). The van der Waals surface area contributed by atoms with Crippen molar-refractivity contribution >= 4 is 17.6 Å². The summed E-state index contributed by atoms with van der Waals surface area (Å²) in [6.07, 6.45) is 9.09. The molecule has 0 atom stereocenters. The molecule has 0 unspecified atom stereocenters. The molecule has 1 aliphatic carbocycles. The van der Waals surface area contributed by atoms with Gasteiger partial charge < -0.3 is 19.9 Å². The number of urea groups is 1. The lowest BCUT2D eigenvalue weighted by Crippen LogP contribution is -2.44. The number of pyridine rings is 1. The third-order valence-corrected chi connectivity index (χ3v) is 7.11. The number of aromatic nitrogens is 1. The lowest BCUT2D eigenvalue weighted by molar-refractivity contribution is -0.138. The van der Waals surface area contributed by atoms with Gasteiger partial charge in [0.2, 0.25) is 11.8 Å². The van der Waals surface area contributed by atoms with Crippen LogP contribution in [0.1, 0.15) is 56.1 Å². The molecule has 1 N–H and O–H groups in total. The number of ether oxygens (including phenoxy) is 1. The molecule has 0 radical (unpaired) electrons. The van der Waals surface area contributed by atoms with Crippen molar-refractivity contribution in [3.63, 3.8) is 0 Å². The highest BCUT2D eigenvalue weighted by atomic mass is 16.5. The number of benzene rings is 1. The molecule has 0 spiro atoms. The normalized spacial score (nSPS) is 19.3. The van der Waals surface area contributed by atoms with Crippen molar-refractivity contribution < 1.29 is 14.3 Å². The largest absolute Gasteiger partial charge is 0.474 e. The zero-order chi connectivity index (χ0) is 22.6. The van der Waals surface area contributed by atoms with E-state index in [2.05, 4.69) is 22.4 Å². The maximum Gasteiger partial charge on any atom is 0.322 e. The first kappa shape index (κ1) is 21.7. The van der Waals surface area contributed by atoms with E-state index in [4.69, 9.17) is 4.74 Å². The Kier molecular flexibility index (Phi) is 6.46. The second kappa shape index (κ2) is 9.81. The van der Waals surface area contributed by atoms with Gasteiger partial charge in [-0.15, -0.1) is 0 Å². The van der Waals surface area contributed by atoms with Crippen molar-refractivity contribution in [2.24, 2.45) is 5.92 Å². The number of anilines is 1. The van der Waals surface area contributed by atoms with Crippen LogP contribution in [0.5, 0.6) is 5.88 Å². The van der Waals surface area contributed by atoms with E-state index in [0.717, 1.165) is 38.8 Å². The first-order chi connectivity index (χ1) is 16.2. The number of likely N-dealkylation sites (tertiary alicyclic amines) is 1. The lowest BCUT2D eigenvalue weighted by Gasteiger charge is -2.35. The van der Waals surface area contributed by atoms with Crippen LogP contribution in [0.4, 0.5) is 10.5 Å². The average molecular weight is 449 g/mol. The number of nitrogens with one attached hydrogen (secondary N) is 1. The highest BCUT2D eigenvalue weighted by Gasteiger charge is 2.30. The minimum Gasteiger partial charge on any atom is -0.474 e. The lowest BCUT2D eigenvalue weighted by atomic mass is 9.88. The fourth-order valence-corrected chi connectivity index (χ4v) is 5.18. The van der Waals surface area contributed by atoms with E-state index < -0.39 is 0 Å². The molecule has 1 aromatic carbocycles. The van der Waals surface area contributed by atoms with Crippen molar-refractivity contribution in [1.29, 1.82) is 0 Å². The van der Waals surface area contributed by atoms with Crippen molar-refractivity contribution in [2.75, 3.05) is 18.4 Å². The summed E-state index contributed by atoms with van der Waals surface area (Å²) in [7, 11) is 0. The van der Waals surface area contributed by atoms with E-state index in [9.17, 15) is 9.59 Å². The summed E-state index contributed by atoms with van der Waals surface area (Å²) < 4.78 is 6.06. The molecular formula is C26H32N4O3. The summed E-state index contributed by atoms with van der Waals surface area (Å²) in [4.78, 5) is 33.5. The zero-order valence-electron chi connectivity index (χ0n) is 19.0. The Morgan fingerprint density at radius 3 is 2.21 bits per heavy atom. The second-order valence-corrected chi connectivity index (χ2v) is 9.42. The number of fused-ring (bicyclic) bond motifs is 1. The molecule has 7 nitrogen and oxygen atoms in total. The number of piperidine rings is 1. The molecule has 1 saturated heterocycles. The maximum absolute atomic E-state index is 12.7. The Hall–Kier alpha value is -3.09. The van der Waals surface area contributed by atoms with E-state index in [-0.39, 0.29) is 18.1 Å². The number of rotatable bonds is 4. The Bertz CT molecular complexity index is 954. The molecule has 3 amide bonds. The van der Waals surface area contributed by atoms with Gasteiger partial charge in [-0.05, 0) is 30.0 Å². The smallest absolute Gasteiger partial charge is 0.322 e. The van der Waals surface area contributed by atoms with Crippen LogP contribution in [0, 0.1) is 5.92 Å². The van der Waals surface area contributed by atoms with E-state index in [0.29, 0.717) is 30.6 Å². The highest BCUT2D eigenvalue weighted by molar-refractivity contribution is 5.89. The number of hydrogen-bond acceptors (Lipinski definition) is 4. The molecule has 33 heavy (non-hydrogen) atoms. The molecule has 1 aromatic heterocycles. The third-order valence-electron chi connectivity index (χ3n) is 7.11. The molecule has 0 bridgehead atoms. The fourth-order valence-electron chi connectivity index (χ4n) is 5.18. The SMILES string of the molecule is O=C(Nc1ccc(OC2CCN(C(=O)C3CCCCC3)CC2)nc1)N1Cc2ccccc2C1. The Labute approximate surface area is 195 Å². The first-order valence-electron chi connectivity index (χ1n) is 12.2. The monoisotopic (exact) mass is 448 g/mol. The summed E-state index contributed by atoms with van der Waals surface area (Å²) in [5, 5.41) is 2.92. The predicted octanol–water partition coefficient (Wildman–Crippen LogP) is 4.58. The van der Waals surface area contributed by atoms with Gasteiger partial charge in [0, 0.05) is 51.0 Å². The Morgan fingerprint density at radius 1 is 0.879 bits per heavy atom. The van der Waals surface area contributed by atoms with Gasteiger partial charge in [0.15, 0.2) is 0 Å². The fraction of sp³-hybridized carbons (Fsp3) is 0.500. The summed E-state index contributed by atoms with van der Waals surface area (Å²) >= 11 is 0. The molecule has 7 heteroatoms. The molecule has 1 saturated carbocycles. The Balaban J connectivity index is 1.08. The number of carbonyl (C=O) groups excluding carboxylic acids is 2. The topological polar surface area (TPSA) is 74.8 Å². The van der Waals surface area contributed by atoms with E-state index in [1.807, 2.05) is 23.1 Å². The summed E-state index contributed by atoms with van der Waals surface area (Å²) in [6, 6.07) is 11.6. The number of amides is 3. The number of nitrogens with zero attached hydrogens (tertiary/aromatic N) is 3. The van der Waals surface area contributed by atoms with Crippen LogP contribution in [0.15, 0.2) is 42.6 Å². The summed E-state index contributed by atoms with van der Waals surface area (Å²) in [5.41, 5.74) is 3.04. The maximum atomic E-state index is 12.7. The van der Waals surface area contributed by atoms with Crippen molar-refractivity contribution in [3.05, 3.63) is 53.7 Å². The number of carbonyl (C=O) groups is 2. The van der Waals surface area contributed by atoms with Gasteiger partial charge in [-0.2, -0.15) is 0 Å². The first-order valence-corrected chi connectivity index (χ1v) is 12.2. The molecule has 3 aliphatic rings. The van der Waals surface area contributed by atoms with Crippen molar-refractivity contribution in [1.82, 2.24) is 14.8 Å². The van der Waals surface area contributed by atoms with Crippen molar-refractivity contribution in [3.8, 4) is 5.88 Å². The van der Waals surface area contributed by atoms with E-state index in [1.54, 1.807) is 17.2 Å². The molecule has 174 valence electrons. The van der Waals surface area contributed by atoms with Crippen LogP contribution in [0.2, 0.25) is 0 Å². The van der Waals surface area contributed by atoms with Crippen molar-refractivity contribution in [2.45, 2.75) is 64.1 Å². The summed E-state index contributed by atoms with van der Waals surface area (Å²) in [5.74, 6) is 1.13. The van der Waals surface area contributed by atoms with Gasteiger partial charge in [-0.1, -0.05) is 43.5 Å². The van der Waals surface area contributed by atoms with E-state index in [1.165, 1.54) is 30.4 Å². The van der Waals surface area contributed by atoms with Gasteiger partial charge in [-0.25, -0.2) is 9.78 Å². The molecule has 5 rings (SSSR count). The van der Waals surface area contributed by atoms with E-state index >= 15 is 0 Å². The molecule has 2 aromatic rings. The van der Waals surface area contributed by atoms with Crippen LogP contribution in [0.25, 0.3) is 0 Å². The molecule has 2 fully saturated rings. The zero-order valence-corrected chi connectivity index (χ0v) is 19.0. The summed E-state index contributed by atoms with van der Waals surface area (Å²) in [6.45, 7) is 2.76. The van der Waals surface area contributed by atoms with Crippen LogP contribution in [0.3, 0.4) is 0 Å². The van der Waals surface area contributed by atoms with Crippen LogP contribution >= 0.6 is 0 Å². The predicted molar refractivity (Wildman–Crippen MR) is 126 cm³/mol. The Morgan fingerprint density at radius 2 is 1.58 bits per heavy atom. The molecule has 3 heterocycles. The minimum absolute atomic E-state index is 0.0662. The number of hydrogen-bond donors (Lipinski definition) is 1. The van der Waals surface area contributed by atoms with Gasteiger partial charge in [0.1, 0.15) is 6.10 Å². The van der Waals surface area contributed by atoms with Crippen LogP contribution in [-0.4, -0.2) is 45.9 Å².